The average Bonchev–Trinajstić information content (AvgIpc) is 2.60. The number of methoxy groups -OCH3 is 2. The van der Waals surface area contributed by atoms with Crippen LogP contribution in [0.15, 0.2) is 47.4 Å². The van der Waals surface area contributed by atoms with E-state index in [1.807, 2.05) is 12.1 Å². The van der Waals surface area contributed by atoms with Gasteiger partial charge in [0, 0.05) is 13.0 Å². The number of halogens is 1. The Morgan fingerprint density at radius 1 is 1.12 bits per heavy atom. The molecule has 2 aromatic carbocycles. The van der Waals surface area contributed by atoms with Gasteiger partial charge in [0.05, 0.1) is 29.7 Å². The summed E-state index contributed by atoms with van der Waals surface area (Å²) in [5.41, 5.74) is -0.403. The smallest absolute Gasteiger partial charge is 0.240 e. The van der Waals surface area contributed by atoms with E-state index >= 15 is 0 Å². The molecule has 8 heteroatoms. The van der Waals surface area contributed by atoms with Crippen molar-refractivity contribution in [1.29, 1.82) is 0 Å². The van der Waals surface area contributed by atoms with Crippen molar-refractivity contribution in [3.05, 3.63) is 53.1 Å². The van der Waals surface area contributed by atoms with Crippen molar-refractivity contribution in [2.75, 3.05) is 20.8 Å². The molecule has 0 amide bonds. The first kappa shape index (κ1) is 20.5. The van der Waals surface area contributed by atoms with Crippen LogP contribution in [0.4, 0.5) is 0 Å². The SMILES string of the molecule is COc1ccc(CC(C)(O)CNS(=O)(=O)c2ccc(OC)c(Cl)c2)cc1. The van der Waals surface area contributed by atoms with Crippen LogP contribution in [0.2, 0.25) is 5.02 Å². The Morgan fingerprint density at radius 2 is 1.77 bits per heavy atom. The molecule has 0 bridgehead atoms. The van der Waals surface area contributed by atoms with E-state index in [2.05, 4.69) is 4.72 Å². The highest BCUT2D eigenvalue weighted by atomic mass is 35.5. The molecule has 142 valence electrons. The molecule has 0 aromatic heterocycles. The Balaban J connectivity index is 2.05. The highest BCUT2D eigenvalue weighted by Crippen LogP contribution is 2.27. The highest BCUT2D eigenvalue weighted by Gasteiger charge is 2.25. The molecule has 0 heterocycles. The summed E-state index contributed by atoms with van der Waals surface area (Å²) in [6.07, 6.45) is 0.281. The molecular formula is C18H22ClNO5S. The minimum atomic E-state index is -3.81. The van der Waals surface area contributed by atoms with Gasteiger partial charge in [-0.1, -0.05) is 23.7 Å². The molecule has 0 saturated heterocycles. The van der Waals surface area contributed by atoms with Crippen LogP contribution in [0.1, 0.15) is 12.5 Å². The molecule has 0 radical (unpaired) electrons. The number of nitrogens with one attached hydrogen (secondary N) is 1. The number of aliphatic hydroxyl groups is 1. The van der Waals surface area contributed by atoms with Crippen LogP contribution in [0.5, 0.6) is 11.5 Å². The summed E-state index contributed by atoms with van der Waals surface area (Å²) in [6.45, 7) is 1.42. The maximum Gasteiger partial charge on any atom is 0.240 e. The van der Waals surface area contributed by atoms with Crippen molar-refractivity contribution in [3.63, 3.8) is 0 Å². The molecule has 1 unspecified atom stereocenters. The molecule has 1 atom stereocenters. The lowest BCUT2D eigenvalue weighted by Crippen LogP contribution is -2.42. The number of sulfonamides is 1. The summed E-state index contributed by atoms with van der Waals surface area (Å²) in [4.78, 5) is 0.00328. The van der Waals surface area contributed by atoms with E-state index in [0.29, 0.717) is 11.5 Å². The minimum absolute atomic E-state index is 0.00328. The molecule has 6 nitrogen and oxygen atoms in total. The fourth-order valence-corrected chi connectivity index (χ4v) is 3.90. The third-order valence-electron chi connectivity index (χ3n) is 3.82. The largest absolute Gasteiger partial charge is 0.497 e. The number of hydrogen-bond donors (Lipinski definition) is 2. The van der Waals surface area contributed by atoms with Crippen LogP contribution >= 0.6 is 11.6 Å². The zero-order chi connectivity index (χ0) is 19.4. The van der Waals surface area contributed by atoms with Gasteiger partial charge in [-0.3, -0.25) is 0 Å². The van der Waals surface area contributed by atoms with Gasteiger partial charge >= 0.3 is 0 Å². The van der Waals surface area contributed by atoms with Crippen LogP contribution in [0.3, 0.4) is 0 Å². The molecule has 0 spiro atoms. The average molecular weight is 400 g/mol. The summed E-state index contributed by atoms with van der Waals surface area (Å²) in [5, 5.41) is 10.7. The fourth-order valence-electron chi connectivity index (χ4n) is 2.39. The summed E-state index contributed by atoms with van der Waals surface area (Å²) in [7, 11) is -0.791. The molecule has 2 rings (SSSR count). The van der Waals surface area contributed by atoms with Crippen molar-refractivity contribution in [1.82, 2.24) is 4.72 Å². The zero-order valence-corrected chi connectivity index (χ0v) is 16.4. The van der Waals surface area contributed by atoms with Gasteiger partial charge in [-0.25, -0.2) is 13.1 Å². The predicted octanol–water partition coefficient (Wildman–Crippen LogP) is 2.63. The van der Waals surface area contributed by atoms with Gasteiger partial charge in [-0.05, 0) is 42.8 Å². The Labute approximate surface area is 158 Å². The summed E-state index contributed by atoms with van der Waals surface area (Å²) in [6, 6.07) is 11.4. The molecule has 0 aliphatic heterocycles. The monoisotopic (exact) mass is 399 g/mol. The van der Waals surface area contributed by atoms with Crippen molar-refractivity contribution < 1.29 is 23.0 Å². The van der Waals surface area contributed by atoms with E-state index in [-0.39, 0.29) is 22.9 Å². The lowest BCUT2D eigenvalue weighted by atomic mass is 9.97. The summed E-state index contributed by atoms with van der Waals surface area (Å²) in [5.74, 6) is 1.10. The van der Waals surface area contributed by atoms with Crippen LogP contribution in [0.25, 0.3) is 0 Å². The third-order valence-corrected chi connectivity index (χ3v) is 5.51. The molecule has 0 saturated carbocycles. The first-order chi connectivity index (χ1) is 12.2. The van der Waals surface area contributed by atoms with Crippen LogP contribution in [-0.4, -0.2) is 39.9 Å². The molecular weight excluding hydrogens is 378 g/mol. The number of hydrogen-bond acceptors (Lipinski definition) is 5. The van der Waals surface area contributed by atoms with Crippen molar-refractivity contribution in [3.8, 4) is 11.5 Å². The number of ether oxygens (including phenoxy) is 2. The topological polar surface area (TPSA) is 84.9 Å². The standard InChI is InChI=1S/C18H22ClNO5S/c1-18(21,11-13-4-6-14(24-2)7-5-13)12-20-26(22,23)15-8-9-17(25-3)16(19)10-15/h4-10,20-21H,11-12H2,1-3H3. The van der Waals surface area contributed by atoms with Crippen molar-refractivity contribution in [2.24, 2.45) is 0 Å². The molecule has 26 heavy (non-hydrogen) atoms. The second-order valence-electron chi connectivity index (χ2n) is 6.14. The van der Waals surface area contributed by atoms with Gasteiger partial charge in [0.2, 0.25) is 10.0 Å². The lowest BCUT2D eigenvalue weighted by Gasteiger charge is -2.24. The van der Waals surface area contributed by atoms with E-state index in [1.54, 1.807) is 26.2 Å². The fraction of sp³-hybridized carbons (Fsp3) is 0.333. The van der Waals surface area contributed by atoms with E-state index in [9.17, 15) is 13.5 Å². The maximum absolute atomic E-state index is 12.4. The van der Waals surface area contributed by atoms with Crippen LogP contribution in [-0.2, 0) is 16.4 Å². The van der Waals surface area contributed by atoms with E-state index in [0.717, 1.165) is 5.56 Å². The molecule has 0 fully saturated rings. The molecule has 0 aliphatic carbocycles. The van der Waals surface area contributed by atoms with E-state index in [1.165, 1.54) is 25.3 Å². The third kappa shape index (κ3) is 5.35. The normalized spacial score (nSPS) is 13.9. The Bertz CT molecular complexity index is 850. The van der Waals surface area contributed by atoms with E-state index in [4.69, 9.17) is 21.1 Å². The van der Waals surface area contributed by atoms with Crippen molar-refractivity contribution in [2.45, 2.75) is 23.8 Å². The second kappa shape index (κ2) is 8.26. The van der Waals surface area contributed by atoms with Gasteiger partial charge in [-0.15, -0.1) is 0 Å². The van der Waals surface area contributed by atoms with Crippen LogP contribution < -0.4 is 14.2 Å². The highest BCUT2D eigenvalue weighted by molar-refractivity contribution is 7.89. The van der Waals surface area contributed by atoms with Gasteiger partial charge in [0.25, 0.3) is 0 Å². The van der Waals surface area contributed by atoms with Gasteiger partial charge in [-0.2, -0.15) is 0 Å². The van der Waals surface area contributed by atoms with Crippen molar-refractivity contribution >= 4 is 21.6 Å². The Morgan fingerprint density at radius 3 is 2.31 bits per heavy atom. The molecule has 0 aliphatic rings. The lowest BCUT2D eigenvalue weighted by molar-refractivity contribution is 0.0657. The second-order valence-corrected chi connectivity index (χ2v) is 8.32. The number of rotatable bonds is 8. The summed E-state index contributed by atoms with van der Waals surface area (Å²) >= 11 is 5.98. The number of benzene rings is 2. The zero-order valence-electron chi connectivity index (χ0n) is 14.8. The quantitative estimate of drug-likeness (QED) is 0.712. The molecule has 2 N–H and O–H groups in total. The first-order valence-electron chi connectivity index (χ1n) is 7.85. The predicted molar refractivity (Wildman–Crippen MR) is 101 cm³/mol. The van der Waals surface area contributed by atoms with Crippen LogP contribution in [0, 0.1) is 0 Å². The summed E-state index contributed by atoms with van der Waals surface area (Å²) < 4.78 is 37.4. The molecule has 2 aromatic rings. The Hall–Kier alpha value is -1.80. The minimum Gasteiger partial charge on any atom is -0.497 e. The van der Waals surface area contributed by atoms with Gasteiger partial charge < -0.3 is 14.6 Å². The Kier molecular flexibility index (Phi) is 6.52. The maximum atomic E-state index is 12.4. The van der Waals surface area contributed by atoms with Gasteiger partial charge in [0.15, 0.2) is 0 Å². The first-order valence-corrected chi connectivity index (χ1v) is 9.71. The van der Waals surface area contributed by atoms with Gasteiger partial charge in [0.1, 0.15) is 11.5 Å². The van der Waals surface area contributed by atoms with E-state index < -0.39 is 15.6 Å².